The predicted molar refractivity (Wildman–Crippen MR) is 175 cm³/mol. The van der Waals surface area contributed by atoms with Crippen molar-refractivity contribution in [2.75, 3.05) is 39.3 Å². The van der Waals surface area contributed by atoms with Crippen LogP contribution in [0.15, 0.2) is 0 Å². The van der Waals surface area contributed by atoms with Crippen molar-refractivity contribution in [2.24, 2.45) is 23.3 Å². The van der Waals surface area contributed by atoms with Crippen molar-refractivity contribution in [1.29, 1.82) is 0 Å². The van der Waals surface area contributed by atoms with E-state index in [0.29, 0.717) is 77.4 Å². The van der Waals surface area contributed by atoms with E-state index in [2.05, 4.69) is 26.6 Å². The minimum atomic E-state index is -0.829. The Labute approximate surface area is 277 Å². The summed E-state index contributed by atoms with van der Waals surface area (Å²) in [5, 5.41) is 13.3. The number of nitrogens with one attached hydrogen (secondary N) is 5. The largest absolute Gasteiger partial charge is 0.369 e. The summed E-state index contributed by atoms with van der Waals surface area (Å²) >= 11 is 0. The number of primary amides is 2. The average molecular weight is 669 g/mol. The van der Waals surface area contributed by atoms with Crippen LogP contribution in [-0.2, 0) is 38.4 Å². The van der Waals surface area contributed by atoms with Gasteiger partial charge in [-0.3, -0.25) is 38.4 Å². The Bertz CT molecular complexity index is 1010. The first-order valence-electron chi connectivity index (χ1n) is 16.3. The van der Waals surface area contributed by atoms with Gasteiger partial charge < -0.3 is 43.0 Å². The number of hydrogen-bond donors (Lipinski definition) is 7. The first kappa shape index (κ1) is 42.8. The van der Waals surface area contributed by atoms with Crippen molar-refractivity contribution in [2.45, 2.75) is 97.9 Å². The minimum absolute atomic E-state index is 0.0878. The van der Waals surface area contributed by atoms with Gasteiger partial charge in [0.2, 0.25) is 47.3 Å². The van der Waals surface area contributed by atoms with Crippen molar-refractivity contribution in [3.63, 3.8) is 0 Å². The van der Waals surface area contributed by atoms with Gasteiger partial charge in [0, 0.05) is 58.3 Å². The SMILES string of the molecule is CC(=O)NCCCC[C@H](NC(C)=O)C(=O)NCCC(=O)N(CC(=O)NCCCCC(C)C(N)=O)CC(=O)NCCCCC(C)C(N)=O. The topological polar surface area (TPSA) is 252 Å². The number of nitrogens with zero attached hydrogens (tertiary/aromatic N) is 1. The van der Waals surface area contributed by atoms with Gasteiger partial charge in [0.05, 0.1) is 0 Å². The van der Waals surface area contributed by atoms with Crippen LogP contribution < -0.4 is 38.1 Å². The number of nitrogens with two attached hydrogens (primary N) is 2. The summed E-state index contributed by atoms with van der Waals surface area (Å²) in [5.41, 5.74) is 10.5. The fourth-order valence-electron chi connectivity index (χ4n) is 4.41. The number of carbonyl (C=O) groups is 8. The van der Waals surface area contributed by atoms with Crippen LogP contribution in [0.3, 0.4) is 0 Å². The van der Waals surface area contributed by atoms with Gasteiger partial charge in [-0.1, -0.05) is 26.7 Å². The molecule has 0 aromatic heterocycles. The van der Waals surface area contributed by atoms with Crippen molar-refractivity contribution in [3.8, 4) is 0 Å². The summed E-state index contributed by atoms with van der Waals surface area (Å²) in [4.78, 5) is 97.2. The van der Waals surface area contributed by atoms with Crippen LogP contribution in [0.5, 0.6) is 0 Å². The van der Waals surface area contributed by atoms with Crippen LogP contribution in [0.1, 0.15) is 91.9 Å². The number of amides is 8. The van der Waals surface area contributed by atoms with Crippen molar-refractivity contribution < 1.29 is 38.4 Å². The van der Waals surface area contributed by atoms with E-state index in [1.54, 1.807) is 13.8 Å². The Balaban J connectivity index is 5.06. The van der Waals surface area contributed by atoms with E-state index in [4.69, 9.17) is 11.5 Å². The summed E-state index contributed by atoms with van der Waals surface area (Å²) in [7, 11) is 0. The second kappa shape index (κ2) is 24.9. The van der Waals surface area contributed by atoms with Gasteiger partial charge in [0.1, 0.15) is 19.1 Å². The molecule has 2 unspecified atom stereocenters. The van der Waals surface area contributed by atoms with Crippen LogP contribution in [-0.4, -0.2) is 97.5 Å². The molecule has 0 fully saturated rings. The first-order chi connectivity index (χ1) is 22.1. The minimum Gasteiger partial charge on any atom is -0.369 e. The molecule has 0 aromatic rings. The third-order valence-corrected chi connectivity index (χ3v) is 7.39. The maximum atomic E-state index is 13.1. The molecule has 8 amide bonds. The Morgan fingerprint density at radius 3 is 1.45 bits per heavy atom. The van der Waals surface area contributed by atoms with Gasteiger partial charge in [-0.2, -0.15) is 0 Å². The lowest BCUT2D eigenvalue weighted by Crippen LogP contribution is -2.48. The third kappa shape index (κ3) is 22.8. The number of hydrogen-bond acceptors (Lipinski definition) is 8. The van der Waals surface area contributed by atoms with Crippen LogP contribution >= 0.6 is 0 Å². The molecule has 16 heteroatoms. The lowest BCUT2D eigenvalue weighted by atomic mass is 10.0. The van der Waals surface area contributed by atoms with Crippen molar-refractivity contribution in [3.05, 3.63) is 0 Å². The van der Waals surface area contributed by atoms with Gasteiger partial charge in [-0.05, 0) is 44.9 Å². The normalized spacial score (nSPS) is 12.5. The molecule has 47 heavy (non-hydrogen) atoms. The molecule has 0 spiro atoms. The van der Waals surface area contributed by atoms with E-state index in [9.17, 15) is 38.4 Å². The molecule has 0 aliphatic heterocycles. The average Bonchev–Trinajstić information content (AvgIpc) is 2.98. The van der Waals surface area contributed by atoms with E-state index in [-0.39, 0.29) is 55.6 Å². The molecular formula is C31H56N8O8. The maximum absolute atomic E-state index is 13.1. The molecule has 3 atom stereocenters. The monoisotopic (exact) mass is 668 g/mol. The van der Waals surface area contributed by atoms with Gasteiger partial charge in [0.25, 0.3) is 0 Å². The molecule has 0 aliphatic rings. The lowest BCUT2D eigenvalue weighted by molar-refractivity contribution is -0.139. The van der Waals surface area contributed by atoms with E-state index in [0.717, 1.165) is 4.90 Å². The Morgan fingerprint density at radius 1 is 0.574 bits per heavy atom. The molecule has 0 rings (SSSR count). The molecule has 0 aromatic carbocycles. The molecule has 9 N–H and O–H groups in total. The molecule has 0 heterocycles. The molecule has 0 radical (unpaired) electrons. The second-order valence-corrected chi connectivity index (χ2v) is 11.8. The van der Waals surface area contributed by atoms with E-state index < -0.39 is 35.6 Å². The van der Waals surface area contributed by atoms with E-state index in [1.165, 1.54) is 13.8 Å². The van der Waals surface area contributed by atoms with Crippen molar-refractivity contribution >= 4 is 47.3 Å². The lowest BCUT2D eigenvalue weighted by Gasteiger charge is -2.23. The summed E-state index contributed by atoms with van der Waals surface area (Å²) in [5.74, 6) is -3.82. The first-order valence-corrected chi connectivity index (χ1v) is 16.3. The van der Waals surface area contributed by atoms with Crippen LogP contribution in [0.4, 0.5) is 0 Å². The quantitative estimate of drug-likeness (QED) is 0.0559. The number of carbonyl (C=O) groups excluding carboxylic acids is 8. The highest BCUT2D eigenvalue weighted by atomic mass is 16.2. The Morgan fingerprint density at radius 2 is 1.02 bits per heavy atom. The Kier molecular flexibility index (Phi) is 22.7. The summed E-state index contributed by atoms with van der Waals surface area (Å²) in [6, 6.07) is -0.829. The Hall–Kier alpha value is -4.24. The smallest absolute Gasteiger partial charge is 0.242 e. The maximum Gasteiger partial charge on any atom is 0.242 e. The standard InChI is InChI=1S/C31H56N8O8/c1-21(29(32)45)11-5-8-16-35-26(42)19-39(20-27(43)36-17-9-6-12-22(2)30(33)46)28(44)14-18-37-31(47)25(38-24(4)41)13-7-10-15-34-23(3)40/h21-22,25H,5-20H2,1-4H3,(H2,32,45)(H2,33,46)(H,34,40)(H,35,42)(H,36,43)(H,37,47)(H,38,41)/t21?,22?,25-/m0/s1. The predicted octanol–water partition coefficient (Wildman–Crippen LogP) is -1.05. The fraction of sp³-hybridized carbons (Fsp3) is 0.742. The fourth-order valence-corrected chi connectivity index (χ4v) is 4.41. The molecular weight excluding hydrogens is 612 g/mol. The summed E-state index contributed by atoms with van der Waals surface area (Å²) in [6.07, 6.45) is 5.01. The van der Waals surface area contributed by atoms with Crippen LogP contribution in [0.2, 0.25) is 0 Å². The molecule has 16 nitrogen and oxygen atoms in total. The highest BCUT2D eigenvalue weighted by Crippen LogP contribution is 2.07. The molecule has 0 saturated heterocycles. The zero-order valence-corrected chi connectivity index (χ0v) is 28.4. The molecule has 0 bridgehead atoms. The number of unbranched alkanes of at least 4 members (excludes halogenated alkanes) is 3. The molecule has 268 valence electrons. The third-order valence-electron chi connectivity index (χ3n) is 7.39. The highest BCUT2D eigenvalue weighted by Gasteiger charge is 2.22. The van der Waals surface area contributed by atoms with Gasteiger partial charge in [-0.15, -0.1) is 0 Å². The summed E-state index contributed by atoms with van der Waals surface area (Å²) < 4.78 is 0. The molecule has 0 aliphatic carbocycles. The zero-order valence-electron chi connectivity index (χ0n) is 28.4. The van der Waals surface area contributed by atoms with Gasteiger partial charge in [-0.25, -0.2) is 0 Å². The summed E-state index contributed by atoms with van der Waals surface area (Å²) in [6.45, 7) is 6.39. The van der Waals surface area contributed by atoms with E-state index >= 15 is 0 Å². The zero-order chi connectivity index (χ0) is 35.8. The van der Waals surface area contributed by atoms with Crippen LogP contribution in [0.25, 0.3) is 0 Å². The second-order valence-electron chi connectivity index (χ2n) is 11.8. The van der Waals surface area contributed by atoms with Gasteiger partial charge in [0.15, 0.2) is 0 Å². The van der Waals surface area contributed by atoms with Crippen LogP contribution in [0, 0.1) is 11.8 Å². The molecule has 0 saturated carbocycles. The number of rotatable bonds is 26. The van der Waals surface area contributed by atoms with Gasteiger partial charge >= 0.3 is 0 Å². The van der Waals surface area contributed by atoms with E-state index in [1.807, 2.05) is 0 Å². The highest BCUT2D eigenvalue weighted by molar-refractivity contribution is 5.90. The van der Waals surface area contributed by atoms with Crippen molar-refractivity contribution in [1.82, 2.24) is 31.5 Å².